The molecule has 510 valence electrons. The Balaban J connectivity index is 0.626. The van der Waals surface area contributed by atoms with Crippen molar-refractivity contribution in [2.75, 3.05) is 124 Å². The van der Waals surface area contributed by atoms with Crippen LogP contribution in [0.3, 0.4) is 0 Å². The Morgan fingerprint density at radius 1 is 0.702 bits per heavy atom. The molecule has 20 nitrogen and oxygen atoms in total. The maximum atomic E-state index is 14.4. The first kappa shape index (κ1) is 71.0. The summed E-state index contributed by atoms with van der Waals surface area (Å²) >= 11 is 0. The second-order valence-electron chi connectivity index (χ2n) is 25.4. The zero-order valence-corrected chi connectivity index (χ0v) is 56.3. The quantitative estimate of drug-likeness (QED) is 0.0322. The number of aryl methyl sites for hydroxylation is 2. The molecule has 9 rings (SSSR count). The molecule has 4 fully saturated rings. The molecule has 4 aromatic carbocycles. The van der Waals surface area contributed by atoms with E-state index in [0.29, 0.717) is 116 Å². The van der Waals surface area contributed by atoms with E-state index in [1.165, 1.54) is 12.6 Å². The second kappa shape index (κ2) is 36.5. The number of ether oxygens (including phenoxy) is 8. The van der Waals surface area contributed by atoms with Crippen molar-refractivity contribution in [2.45, 2.75) is 136 Å². The number of anilines is 1. The molecule has 94 heavy (non-hydrogen) atoms. The molecule has 4 amide bonds. The van der Waals surface area contributed by atoms with Crippen LogP contribution in [0.4, 0.5) is 10.5 Å². The summed E-state index contributed by atoms with van der Waals surface area (Å²) in [6.07, 6.45) is 8.49. The molecule has 3 saturated heterocycles. The Labute approximate surface area is 556 Å². The summed E-state index contributed by atoms with van der Waals surface area (Å²) in [6, 6.07) is 31.3. The second-order valence-corrected chi connectivity index (χ2v) is 25.4. The van der Waals surface area contributed by atoms with E-state index in [1.54, 1.807) is 6.92 Å². The number of piperidine rings is 1. The molecule has 4 aliphatic rings. The van der Waals surface area contributed by atoms with Gasteiger partial charge in [0.25, 0.3) is 5.91 Å². The molecule has 0 spiro atoms. The Kier molecular flexibility index (Phi) is 27.6. The fourth-order valence-corrected chi connectivity index (χ4v) is 13.5. The Bertz CT molecular complexity index is 3180. The lowest BCUT2D eigenvalue weighted by atomic mass is 9.83. The minimum Gasteiger partial charge on any atom is -0.491 e. The highest BCUT2D eigenvalue weighted by Crippen LogP contribution is 2.37. The van der Waals surface area contributed by atoms with Crippen molar-refractivity contribution in [1.29, 1.82) is 0 Å². The number of benzene rings is 4. The van der Waals surface area contributed by atoms with Crippen LogP contribution in [0.5, 0.6) is 17.4 Å². The molecule has 1 saturated carbocycles. The zero-order chi connectivity index (χ0) is 66.2. The number of hydrogen-bond acceptors (Lipinski definition) is 15. The van der Waals surface area contributed by atoms with Crippen LogP contribution < -0.4 is 29.7 Å². The van der Waals surface area contributed by atoms with E-state index in [1.807, 2.05) is 105 Å². The summed E-state index contributed by atoms with van der Waals surface area (Å²) in [4.78, 5) is 66.3. The maximum absolute atomic E-state index is 14.4. The summed E-state index contributed by atoms with van der Waals surface area (Å²) in [7, 11) is 1.38. The highest BCUT2D eigenvalue weighted by atomic mass is 16.6. The predicted octanol–water partition coefficient (Wildman–Crippen LogP) is 10.2. The van der Waals surface area contributed by atoms with Crippen molar-refractivity contribution in [2.24, 2.45) is 11.8 Å². The highest BCUT2D eigenvalue weighted by Gasteiger charge is 2.45. The van der Waals surface area contributed by atoms with Crippen molar-refractivity contribution < 1.29 is 62.2 Å². The molecule has 3 aliphatic heterocycles. The number of likely N-dealkylation sites (tertiary alicyclic amines) is 2. The minimum absolute atomic E-state index is 0.0140. The van der Waals surface area contributed by atoms with E-state index in [4.69, 9.17) is 42.9 Å². The van der Waals surface area contributed by atoms with Gasteiger partial charge in [0.15, 0.2) is 0 Å². The molecule has 0 bridgehead atoms. The van der Waals surface area contributed by atoms with Gasteiger partial charge in [0, 0.05) is 87.6 Å². The predicted molar refractivity (Wildman–Crippen MR) is 362 cm³/mol. The molecule has 5 aromatic rings. The lowest BCUT2D eigenvalue weighted by Gasteiger charge is -2.41. The molecule has 1 aromatic heterocycles. The largest absolute Gasteiger partial charge is 0.491 e. The van der Waals surface area contributed by atoms with Crippen LogP contribution in [-0.4, -0.2) is 192 Å². The first-order valence-electron chi connectivity index (χ1n) is 34.2. The van der Waals surface area contributed by atoms with Gasteiger partial charge in [0.05, 0.1) is 52.9 Å². The number of fused-ring (bicyclic) bond motifs is 1. The highest BCUT2D eigenvalue weighted by molar-refractivity contribution is 5.99. The van der Waals surface area contributed by atoms with E-state index in [9.17, 15) is 24.3 Å². The van der Waals surface area contributed by atoms with E-state index in [-0.39, 0.29) is 30.3 Å². The Morgan fingerprint density at radius 2 is 1.32 bits per heavy atom. The minimum atomic E-state index is -1.18. The van der Waals surface area contributed by atoms with Crippen LogP contribution in [0.25, 0.3) is 11.1 Å². The summed E-state index contributed by atoms with van der Waals surface area (Å²) in [5.41, 5.74) is 9.46. The van der Waals surface area contributed by atoms with E-state index in [0.717, 1.165) is 152 Å². The number of carbonyl (C=O) groups is 4. The fraction of sp³-hybridized carbons (Fsp3) is 0.554. The first-order chi connectivity index (χ1) is 45.7. The van der Waals surface area contributed by atoms with Crippen molar-refractivity contribution in [3.8, 4) is 28.5 Å². The first-order valence-corrected chi connectivity index (χ1v) is 34.2. The number of nitrogens with zero attached hydrogens (tertiary/aromatic N) is 5. The molecule has 20 heteroatoms. The number of likely N-dealkylation sites (N-methyl/N-ethyl adjacent to an activating group) is 1. The lowest BCUT2D eigenvalue weighted by molar-refractivity contribution is -0.141. The summed E-state index contributed by atoms with van der Waals surface area (Å²) in [5, 5.41) is 15.7. The zero-order valence-electron chi connectivity index (χ0n) is 56.3. The van der Waals surface area contributed by atoms with Crippen LogP contribution in [0.1, 0.15) is 116 Å². The summed E-state index contributed by atoms with van der Waals surface area (Å²) in [5.74, 6) is 1.92. The normalized spacial score (nSPS) is 17.6. The smallest absolute Gasteiger partial charge is 0.407 e. The monoisotopic (exact) mass is 1300 g/mol. The van der Waals surface area contributed by atoms with Gasteiger partial charge >= 0.3 is 6.09 Å². The van der Waals surface area contributed by atoms with Crippen molar-refractivity contribution >= 4 is 29.5 Å². The molecular formula is C74H101N7O13. The molecule has 4 heterocycles. The molecule has 3 N–H and O–H groups in total. The van der Waals surface area contributed by atoms with Gasteiger partial charge in [-0.25, -0.2) is 9.78 Å². The van der Waals surface area contributed by atoms with Crippen LogP contribution in [-0.2, 0) is 52.8 Å². The van der Waals surface area contributed by atoms with Gasteiger partial charge < -0.3 is 68.3 Å². The Morgan fingerprint density at radius 3 is 1.95 bits per heavy atom. The number of nitrogens with one attached hydrogen (secondary N) is 2. The van der Waals surface area contributed by atoms with Gasteiger partial charge in [-0.15, -0.1) is 0 Å². The average Bonchev–Trinajstić information content (AvgIpc) is 1.36. The SMILES string of the molecule is CCN(c1cc(-c2ccc(OCCOCCOCCOCCOCCOc3ccc(CCN4CC[C@@H]5CCN(C(=O)[C@@H](NC(=O)[C@H](C)N(C)C(=O)O)C6CCCCC6)[C@@H]5C4)cc3)cc2)cc(C(=O)NCc2c(C)cc(C)nc2OCc2ccccc2)c1C)C1CCOCC1. The van der Waals surface area contributed by atoms with Crippen LogP contribution in [0.15, 0.2) is 97.1 Å². The van der Waals surface area contributed by atoms with Crippen molar-refractivity contribution in [1.82, 2.24) is 30.3 Å². The number of pyridine rings is 1. The van der Waals surface area contributed by atoms with Crippen LogP contribution >= 0.6 is 0 Å². The molecule has 4 atom stereocenters. The topological polar surface area (TPSA) is 212 Å². The van der Waals surface area contributed by atoms with Gasteiger partial charge in [-0.1, -0.05) is 73.9 Å². The number of aromatic nitrogens is 1. The standard InChI is InChI=1S/C74H101N7O13/c1-7-80(62-29-34-87-35-30-62)67-48-61(47-65(54(67)4)71(83)75-49-66-52(2)46-53(3)76-72(66)94-51-57-14-10-8-11-15-57)58-20-24-64(25-21-58)93-45-43-91-41-39-89-37-36-88-38-40-90-42-44-92-63-22-18-56(19-23-63)26-31-79-32-27-59-28-33-81(68(59)50-79)73(84)69(60-16-12-9-13-17-60)77-70(82)55(5)78(6)74(85)86/h8,10-11,14-15,18-25,46-48,55,59-60,62,68-69H,7,9,12-13,16-17,26-45,49-51H2,1-6H3,(H,75,83)(H,77,82)(H,85,86)/t55-,59+,68+,69-/m0/s1. The number of rotatable bonds is 35. The molecule has 1 aliphatic carbocycles. The third-order valence-electron chi connectivity index (χ3n) is 19.1. The number of amides is 4. The van der Waals surface area contributed by atoms with Crippen molar-refractivity contribution in [3.05, 3.63) is 136 Å². The number of carboxylic acid groups (broad SMARTS) is 1. The average molecular weight is 1300 g/mol. The maximum Gasteiger partial charge on any atom is 0.407 e. The van der Waals surface area contributed by atoms with Crippen LogP contribution in [0.2, 0.25) is 0 Å². The molecular weight excluding hydrogens is 1190 g/mol. The van der Waals surface area contributed by atoms with E-state index in [2.05, 4.69) is 45.6 Å². The third-order valence-corrected chi connectivity index (χ3v) is 19.1. The number of carbonyl (C=O) groups excluding carboxylic acids is 3. The molecule has 0 radical (unpaired) electrons. The molecule has 0 unspecified atom stereocenters. The van der Waals surface area contributed by atoms with E-state index >= 15 is 0 Å². The van der Waals surface area contributed by atoms with Gasteiger partial charge in [-0.05, 0) is 174 Å². The lowest BCUT2D eigenvalue weighted by Crippen LogP contribution is -2.59. The van der Waals surface area contributed by atoms with Gasteiger partial charge in [0.1, 0.15) is 43.4 Å². The van der Waals surface area contributed by atoms with Crippen molar-refractivity contribution in [3.63, 3.8) is 0 Å². The fourth-order valence-electron chi connectivity index (χ4n) is 13.5. The Hall–Kier alpha value is -7.33. The van der Waals surface area contributed by atoms with Gasteiger partial charge in [-0.3, -0.25) is 19.3 Å². The van der Waals surface area contributed by atoms with E-state index < -0.39 is 24.1 Å². The number of hydrogen-bond donors (Lipinski definition) is 3. The van der Waals surface area contributed by atoms with Gasteiger partial charge in [-0.2, -0.15) is 0 Å². The van der Waals surface area contributed by atoms with Gasteiger partial charge in [0.2, 0.25) is 17.7 Å². The third kappa shape index (κ3) is 20.3. The summed E-state index contributed by atoms with van der Waals surface area (Å²) in [6.45, 7) is 20.3. The van der Waals surface area contributed by atoms with Crippen LogP contribution in [0, 0.1) is 32.6 Å². The summed E-state index contributed by atoms with van der Waals surface area (Å²) < 4.78 is 47.0.